The van der Waals surface area contributed by atoms with Gasteiger partial charge in [0.25, 0.3) is 0 Å². The van der Waals surface area contributed by atoms with Gasteiger partial charge >= 0.3 is 5.97 Å². The number of nitrogens with two attached hydrogens (primary N) is 1. The molecular formula is C9H20N2O2. The van der Waals surface area contributed by atoms with Crippen LogP contribution in [0.3, 0.4) is 0 Å². The zero-order chi connectivity index (χ0) is 10.3. The Bertz CT molecular complexity index is 151. The lowest BCUT2D eigenvalue weighted by Crippen LogP contribution is -2.29. The van der Waals surface area contributed by atoms with E-state index in [-0.39, 0.29) is 0 Å². The summed E-state index contributed by atoms with van der Waals surface area (Å²) in [5.41, 5.74) is 5.35. The van der Waals surface area contributed by atoms with Gasteiger partial charge < -0.3 is 16.2 Å². The molecule has 0 aromatic rings. The summed E-state index contributed by atoms with van der Waals surface area (Å²) in [5.74, 6) is -0.901. The Balaban J connectivity index is 3.30. The fraction of sp³-hybridized carbons (Fsp3) is 0.889. The van der Waals surface area contributed by atoms with Crippen LogP contribution in [0.15, 0.2) is 0 Å². The summed E-state index contributed by atoms with van der Waals surface area (Å²) in [6, 6.07) is -0.189. The average Bonchev–Trinajstić information content (AvgIpc) is 2.11. The Hall–Kier alpha value is -0.610. The molecule has 0 unspecified atom stereocenters. The Morgan fingerprint density at radius 1 is 1.46 bits per heavy atom. The van der Waals surface area contributed by atoms with Gasteiger partial charge in [-0.3, -0.25) is 4.79 Å². The summed E-state index contributed by atoms with van der Waals surface area (Å²) in [6.07, 6.45) is 3.57. The van der Waals surface area contributed by atoms with Gasteiger partial charge in [0.2, 0.25) is 0 Å². The van der Waals surface area contributed by atoms with E-state index in [1.807, 2.05) is 7.05 Å². The van der Waals surface area contributed by atoms with Crippen molar-refractivity contribution in [1.29, 1.82) is 0 Å². The first kappa shape index (κ1) is 12.4. The van der Waals surface area contributed by atoms with Gasteiger partial charge in [0.05, 0.1) is 0 Å². The van der Waals surface area contributed by atoms with Gasteiger partial charge in [0.1, 0.15) is 6.04 Å². The lowest BCUT2D eigenvalue weighted by molar-refractivity contribution is -0.138. The monoisotopic (exact) mass is 188 g/mol. The second kappa shape index (κ2) is 6.86. The van der Waals surface area contributed by atoms with E-state index in [4.69, 9.17) is 10.8 Å². The molecule has 13 heavy (non-hydrogen) atoms. The Morgan fingerprint density at radius 2 is 2.00 bits per heavy atom. The molecule has 0 saturated carbocycles. The number of rotatable bonds is 7. The number of carboxylic acid groups (broad SMARTS) is 1. The summed E-state index contributed by atoms with van der Waals surface area (Å²) in [4.78, 5) is 10.3. The molecule has 0 aliphatic rings. The topological polar surface area (TPSA) is 75.3 Å². The molecule has 4 nitrogen and oxygen atoms in total. The maximum atomic E-state index is 10.3. The second-order valence-electron chi connectivity index (χ2n) is 3.42. The minimum Gasteiger partial charge on any atom is -0.480 e. The van der Waals surface area contributed by atoms with Crippen LogP contribution in [-0.2, 0) is 4.79 Å². The van der Waals surface area contributed by atoms with Gasteiger partial charge in [-0.15, -0.1) is 0 Å². The minimum atomic E-state index is -0.901. The van der Waals surface area contributed by atoms with Crippen molar-refractivity contribution < 1.29 is 9.90 Å². The van der Waals surface area contributed by atoms with Crippen LogP contribution in [0.2, 0.25) is 0 Å². The maximum absolute atomic E-state index is 10.3. The fourth-order valence-electron chi connectivity index (χ4n) is 1.08. The zero-order valence-electron chi connectivity index (χ0n) is 8.42. The molecule has 78 valence electrons. The van der Waals surface area contributed by atoms with E-state index in [1.165, 1.54) is 0 Å². The predicted octanol–water partition coefficient (Wildman–Crippen LogP) is 0.567. The van der Waals surface area contributed by atoms with Crippen molar-refractivity contribution >= 4 is 5.97 Å². The second-order valence-corrected chi connectivity index (χ2v) is 3.42. The molecule has 0 amide bonds. The van der Waals surface area contributed by atoms with Crippen molar-refractivity contribution in [1.82, 2.24) is 5.32 Å². The molecule has 0 radical (unpaired) electrons. The highest BCUT2D eigenvalue weighted by Crippen LogP contribution is 2.04. The van der Waals surface area contributed by atoms with Gasteiger partial charge in [-0.25, -0.2) is 0 Å². The standard InChI is InChI=1S/C9H20N2O2/c1-7(11-2)5-3-4-6-8(10)9(12)13/h7-8,11H,3-6,10H2,1-2H3,(H,12,13)/t7-,8-/m0/s1. The van der Waals surface area contributed by atoms with Crippen molar-refractivity contribution in [2.24, 2.45) is 5.73 Å². The van der Waals surface area contributed by atoms with E-state index < -0.39 is 12.0 Å². The van der Waals surface area contributed by atoms with Crippen LogP contribution in [0, 0.1) is 0 Å². The van der Waals surface area contributed by atoms with E-state index in [0.29, 0.717) is 12.5 Å². The summed E-state index contributed by atoms with van der Waals surface area (Å²) >= 11 is 0. The number of hydrogen-bond donors (Lipinski definition) is 3. The third-order valence-corrected chi connectivity index (χ3v) is 2.21. The first-order valence-electron chi connectivity index (χ1n) is 4.73. The van der Waals surface area contributed by atoms with Crippen LogP contribution >= 0.6 is 0 Å². The third-order valence-electron chi connectivity index (χ3n) is 2.21. The first-order chi connectivity index (χ1) is 6.07. The van der Waals surface area contributed by atoms with Crippen LogP contribution in [0.4, 0.5) is 0 Å². The van der Waals surface area contributed by atoms with Crippen molar-refractivity contribution in [2.45, 2.75) is 44.7 Å². The molecule has 4 heteroatoms. The number of carboxylic acids is 1. The number of aliphatic carboxylic acids is 1. The third kappa shape index (κ3) is 6.54. The largest absolute Gasteiger partial charge is 0.480 e. The Kier molecular flexibility index (Phi) is 6.54. The van der Waals surface area contributed by atoms with Crippen molar-refractivity contribution in [3.05, 3.63) is 0 Å². The summed E-state index contributed by atoms with van der Waals surface area (Å²) in [7, 11) is 1.92. The predicted molar refractivity (Wildman–Crippen MR) is 52.6 cm³/mol. The van der Waals surface area contributed by atoms with Crippen LogP contribution < -0.4 is 11.1 Å². The highest BCUT2D eigenvalue weighted by molar-refractivity contribution is 5.72. The molecule has 2 atom stereocenters. The van der Waals surface area contributed by atoms with E-state index in [1.54, 1.807) is 0 Å². The molecule has 0 aromatic heterocycles. The molecule has 0 spiro atoms. The Morgan fingerprint density at radius 3 is 2.46 bits per heavy atom. The normalized spacial score (nSPS) is 15.3. The number of hydrogen-bond acceptors (Lipinski definition) is 3. The average molecular weight is 188 g/mol. The molecule has 0 aliphatic carbocycles. The molecular weight excluding hydrogens is 168 g/mol. The summed E-state index contributed by atoms with van der Waals surface area (Å²) in [5, 5.41) is 11.6. The highest BCUT2D eigenvalue weighted by atomic mass is 16.4. The number of nitrogens with one attached hydrogen (secondary N) is 1. The lowest BCUT2D eigenvalue weighted by Gasteiger charge is -2.10. The fourth-order valence-corrected chi connectivity index (χ4v) is 1.08. The van der Waals surface area contributed by atoms with Crippen molar-refractivity contribution in [3.8, 4) is 0 Å². The van der Waals surface area contributed by atoms with Gasteiger partial charge in [-0.2, -0.15) is 0 Å². The van der Waals surface area contributed by atoms with Crippen LogP contribution in [0.25, 0.3) is 0 Å². The van der Waals surface area contributed by atoms with E-state index in [2.05, 4.69) is 12.2 Å². The molecule has 0 saturated heterocycles. The van der Waals surface area contributed by atoms with E-state index in [9.17, 15) is 4.79 Å². The smallest absolute Gasteiger partial charge is 0.320 e. The van der Waals surface area contributed by atoms with Crippen LogP contribution in [-0.4, -0.2) is 30.2 Å². The highest BCUT2D eigenvalue weighted by Gasteiger charge is 2.10. The molecule has 0 fully saturated rings. The van der Waals surface area contributed by atoms with Gasteiger partial charge in [0, 0.05) is 6.04 Å². The summed E-state index contributed by atoms with van der Waals surface area (Å²) < 4.78 is 0. The van der Waals surface area contributed by atoms with E-state index >= 15 is 0 Å². The quantitative estimate of drug-likeness (QED) is 0.510. The van der Waals surface area contributed by atoms with Crippen LogP contribution in [0.1, 0.15) is 32.6 Å². The molecule has 0 heterocycles. The first-order valence-corrected chi connectivity index (χ1v) is 4.73. The van der Waals surface area contributed by atoms with Gasteiger partial charge in [0.15, 0.2) is 0 Å². The molecule has 0 aliphatic heterocycles. The summed E-state index contributed by atoms with van der Waals surface area (Å²) in [6.45, 7) is 2.11. The zero-order valence-corrected chi connectivity index (χ0v) is 8.42. The minimum absolute atomic E-state index is 0.501. The van der Waals surface area contributed by atoms with Gasteiger partial charge in [-0.05, 0) is 26.8 Å². The number of unbranched alkanes of at least 4 members (excludes halogenated alkanes) is 1. The number of carbonyl (C=O) groups is 1. The van der Waals surface area contributed by atoms with Gasteiger partial charge in [-0.1, -0.05) is 12.8 Å². The van der Waals surface area contributed by atoms with Crippen molar-refractivity contribution in [3.63, 3.8) is 0 Å². The van der Waals surface area contributed by atoms with E-state index in [0.717, 1.165) is 19.3 Å². The lowest BCUT2D eigenvalue weighted by atomic mass is 10.1. The molecule has 0 bridgehead atoms. The molecule has 0 rings (SSSR count). The maximum Gasteiger partial charge on any atom is 0.320 e. The Labute approximate surface area is 79.5 Å². The molecule has 4 N–H and O–H groups in total. The van der Waals surface area contributed by atoms with Crippen molar-refractivity contribution in [2.75, 3.05) is 7.05 Å². The molecule has 0 aromatic carbocycles. The SMILES string of the molecule is CN[C@@H](C)CCCC[C@H](N)C(=O)O. The van der Waals surface area contributed by atoms with Crippen LogP contribution in [0.5, 0.6) is 0 Å².